The predicted molar refractivity (Wildman–Crippen MR) is 76.9 cm³/mol. The third-order valence-electron chi connectivity index (χ3n) is 4.94. The van der Waals surface area contributed by atoms with Crippen molar-refractivity contribution in [3.63, 3.8) is 0 Å². The van der Waals surface area contributed by atoms with Crippen LogP contribution in [0.2, 0.25) is 0 Å². The topological polar surface area (TPSA) is 65.2 Å². The Balaban J connectivity index is 1.83. The highest BCUT2D eigenvalue weighted by molar-refractivity contribution is 5.82. The fraction of sp³-hybridized carbons (Fsp3) is 0.812. The highest BCUT2D eigenvalue weighted by Gasteiger charge is 2.49. The van der Waals surface area contributed by atoms with Gasteiger partial charge in [0.1, 0.15) is 5.41 Å². The van der Waals surface area contributed by atoms with Crippen LogP contribution in [0.4, 0.5) is 0 Å². The summed E-state index contributed by atoms with van der Waals surface area (Å²) in [6.07, 6.45) is 9.58. The zero-order valence-corrected chi connectivity index (χ0v) is 12.8. The van der Waals surface area contributed by atoms with Gasteiger partial charge in [-0.1, -0.05) is 37.3 Å². The number of esters is 1. The molecular formula is C16H24N2O3. The van der Waals surface area contributed by atoms with E-state index in [2.05, 4.69) is 10.1 Å². The minimum Gasteiger partial charge on any atom is -0.465 e. The number of nitrogens with zero attached hydrogens (tertiary/aromatic N) is 2. The molecule has 5 nitrogen and oxygen atoms in total. The van der Waals surface area contributed by atoms with Crippen LogP contribution in [0.5, 0.6) is 0 Å². The van der Waals surface area contributed by atoms with Crippen LogP contribution in [0, 0.1) is 0 Å². The Kier molecular flexibility index (Phi) is 4.27. The van der Waals surface area contributed by atoms with Crippen LogP contribution >= 0.6 is 0 Å². The summed E-state index contributed by atoms with van der Waals surface area (Å²) in [5, 5.41) is 4.18. The average molecular weight is 292 g/mol. The van der Waals surface area contributed by atoms with Crippen LogP contribution in [0.15, 0.2) is 4.52 Å². The molecule has 0 amide bonds. The van der Waals surface area contributed by atoms with Crippen LogP contribution < -0.4 is 0 Å². The first-order chi connectivity index (χ1) is 10.3. The predicted octanol–water partition coefficient (Wildman–Crippen LogP) is 3.49. The molecule has 2 aliphatic rings. The summed E-state index contributed by atoms with van der Waals surface area (Å²) < 4.78 is 10.8. The second-order valence-electron chi connectivity index (χ2n) is 6.30. The summed E-state index contributed by atoms with van der Waals surface area (Å²) in [5.41, 5.74) is -0.685. The van der Waals surface area contributed by atoms with Crippen molar-refractivity contribution in [2.45, 2.75) is 76.0 Å². The van der Waals surface area contributed by atoms with Gasteiger partial charge in [-0.25, -0.2) is 0 Å². The van der Waals surface area contributed by atoms with Crippen LogP contribution in [0.3, 0.4) is 0 Å². The van der Waals surface area contributed by atoms with Crippen molar-refractivity contribution in [2.24, 2.45) is 0 Å². The van der Waals surface area contributed by atoms with E-state index in [4.69, 9.17) is 9.26 Å². The minimum atomic E-state index is -0.685. The monoisotopic (exact) mass is 292 g/mol. The van der Waals surface area contributed by atoms with Crippen molar-refractivity contribution in [1.29, 1.82) is 0 Å². The molecule has 2 saturated carbocycles. The maximum Gasteiger partial charge on any atom is 0.321 e. The molecule has 1 heterocycles. The summed E-state index contributed by atoms with van der Waals surface area (Å²) in [5.74, 6) is 1.48. The van der Waals surface area contributed by atoms with E-state index in [1.54, 1.807) is 0 Å². The standard InChI is InChI=1S/C16H24N2O3/c1-2-20-15(19)16(10-6-7-11-16)14-17-13(18-21-14)12-8-4-3-5-9-12/h12H,2-11H2,1H3. The van der Waals surface area contributed by atoms with Crippen LogP contribution in [-0.2, 0) is 14.9 Å². The molecule has 2 fully saturated rings. The third-order valence-corrected chi connectivity index (χ3v) is 4.94. The van der Waals surface area contributed by atoms with Crippen molar-refractivity contribution in [3.05, 3.63) is 11.7 Å². The Morgan fingerprint density at radius 2 is 1.95 bits per heavy atom. The van der Waals surface area contributed by atoms with Gasteiger partial charge in [0.2, 0.25) is 5.89 Å². The number of ether oxygens (including phenoxy) is 1. The smallest absolute Gasteiger partial charge is 0.321 e. The first-order valence-electron chi connectivity index (χ1n) is 8.27. The molecule has 0 aromatic carbocycles. The lowest BCUT2D eigenvalue weighted by Gasteiger charge is -2.22. The number of hydrogen-bond donors (Lipinski definition) is 0. The van der Waals surface area contributed by atoms with Crippen LogP contribution in [-0.4, -0.2) is 22.7 Å². The van der Waals surface area contributed by atoms with Gasteiger partial charge < -0.3 is 9.26 Å². The van der Waals surface area contributed by atoms with Crippen molar-refractivity contribution >= 4 is 5.97 Å². The van der Waals surface area contributed by atoms with Gasteiger partial charge >= 0.3 is 5.97 Å². The molecule has 1 aromatic heterocycles. The zero-order valence-electron chi connectivity index (χ0n) is 12.8. The Bertz CT molecular complexity index is 485. The minimum absolute atomic E-state index is 0.193. The highest BCUT2D eigenvalue weighted by atomic mass is 16.5. The average Bonchev–Trinajstić information content (AvgIpc) is 3.18. The summed E-state index contributed by atoms with van der Waals surface area (Å²) in [7, 11) is 0. The van der Waals surface area contributed by atoms with E-state index in [-0.39, 0.29) is 5.97 Å². The molecule has 0 spiro atoms. The molecular weight excluding hydrogens is 268 g/mol. The second kappa shape index (κ2) is 6.16. The molecule has 5 heteroatoms. The molecule has 116 valence electrons. The van der Waals surface area contributed by atoms with Crippen molar-refractivity contribution in [2.75, 3.05) is 6.61 Å². The lowest BCUT2D eigenvalue weighted by atomic mass is 9.85. The van der Waals surface area contributed by atoms with E-state index >= 15 is 0 Å². The van der Waals surface area contributed by atoms with Crippen LogP contribution in [0.1, 0.15) is 82.3 Å². The maximum atomic E-state index is 12.4. The number of carbonyl (C=O) groups excluding carboxylic acids is 1. The summed E-state index contributed by atoms with van der Waals surface area (Å²) in [6, 6.07) is 0. The Hall–Kier alpha value is -1.39. The van der Waals surface area contributed by atoms with Gasteiger partial charge in [-0.15, -0.1) is 0 Å². The molecule has 0 unspecified atom stereocenters. The van der Waals surface area contributed by atoms with Crippen molar-refractivity contribution in [3.8, 4) is 0 Å². The maximum absolute atomic E-state index is 12.4. The summed E-state index contributed by atoms with van der Waals surface area (Å²) >= 11 is 0. The van der Waals surface area contributed by atoms with Gasteiger partial charge in [-0.3, -0.25) is 4.79 Å². The lowest BCUT2D eigenvalue weighted by Crippen LogP contribution is -2.35. The van der Waals surface area contributed by atoms with Gasteiger partial charge in [0.05, 0.1) is 6.61 Å². The molecule has 1 aromatic rings. The first-order valence-corrected chi connectivity index (χ1v) is 8.27. The van der Waals surface area contributed by atoms with E-state index in [1.807, 2.05) is 6.92 Å². The van der Waals surface area contributed by atoms with Gasteiger partial charge in [-0.05, 0) is 32.6 Å². The van der Waals surface area contributed by atoms with E-state index in [0.717, 1.165) is 44.3 Å². The highest BCUT2D eigenvalue weighted by Crippen LogP contribution is 2.42. The van der Waals surface area contributed by atoms with E-state index in [9.17, 15) is 4.79 Å². The Labute approximate surface area is 125 Å². The number of hydrogen-bond acceptors (Lipinski definition) is 5. The van der Waals surface area contributed by atoms with Gasteiger partial charge in [0.25, 0.3) is 0 Å². The SMILES string of the molecule is CCOC(=O)C1(c2nc(C3CCCCC3)no2)CCCC1. The van der Waals surface area contributed by atoms with Crippen molar-refractivity contribution in [1.82, 2.24) is 10.1 Å². The lowest BCUT2D eigenvalue weighted by molar-refractivity contribution is -0.151. The molecule has 0 atom stereocenters. The first kappa shape index (κ1) is 14.5. The van der Waals surface area contributed by atoms with Crippen LogP contribution in [0.25, 0.3) is 0 Å². The Morgan fingerprint density at radius 1 is 1.24 bits per heavy atom. The number of aromatic nitrogens is 2. The van der Waals surface area contributed by atoms with E-state index in [0.29, 0.717) is 18.4 Å². The second-order valence-corrected chi connectivity index (χ2v) is 6.30. The molecule has 0 N–H and O–H groups in total. The van der Waals surface area contributed by atoms with Gasteiger partial charge in [0.15, 0.2) is 5.82 Å². The summed E-state index contributed by atoms with van der Waals surface area (Å²) in [4.78, 5) is 17.0. The molecule has 0 aliphatic heterocycles. The Morgan fingerprint density at radius 3 is 2.62 bits per heavy atom. The number of carbonyl (C=O) groups is 1. The van der Waals surface area contributed by atoms with E-state index in [1.165, 1.54) is 19.3 Å². The fourth-order valence-corrected chi connectivity index (χ4v) is 3.71. The molecule has 0 radical (unpaired) electrons. The molecule has 0 saturated heterocycles. The normalized spacial score (nSPS) is 22.3. The molecule has 2 aliphatic carbocycles. The zero-order chi connectivity index (χ0) is 14.7. The molecule has 0 bridgehead atoms. The fourth-order valence-electron chi connectivity index (χ4n) is 3.71. The third kappa shape index (κ3) is 2.70. The quantitative estimate of drug-likeness (QED) is 0.795. The van der Waals surface area contributed by atoms with Gasteiger partial charge in [0, 0.05) is 5.92 Å². The van der Waals surface area contributed by atoms with Crippen molar-refractivity contribution < 1.29 is 14.1 Å². The summed E-state index contributed by atoms with van der Waals surface area (Å²) in [6.45, 7) is 2.23. The van der Waals surface area contributed by atoms with E-state index < -0.39 is 5.41 Å². The molecule has 3 rings (SSSR count). The largest absolute Gasteiger partial charge is 0.465 e. The van der Waals surface area contributed by atoms with Gasteiger partial charge in [-0.2, -0.15) is 4.98 Å². The number of rotatable bonds is 4. The molecule has 21 heavy (non-hydrogen) atoms.